The number of hydrogen-bond acceptors (Lipinski definition) is 5. The summed E-state index contributed by atoms with van der Waals surface area (Å²) >= 11 is 1.56. The lowest BCUT2D eigenvalue weighted by Crippen LogP contribution is -2.35. The average molecular weight is 262 g/mol. The summed E-state index contributed by atoms with van der Waals surface area (Å²) in [5.41, 5.74) is 4.70. The summed E-state index contributed by atoms with van der Waals surface area (Å²) in [6.07, 6.45) is 0. The third-order valence-electron chi connectivity index (χ3n) is 2.37. The number of hydrogen-bond donors (Lipinski definition) is 1. The van der Waals surface area contributed by atoms with Crippen molar-refractivity contribution in [2.24, 2.45) is 0 Å². The fourth-order valence-corrected chi connectivity index (χ4v) is 2.05. The van der Waals surface area contributed by atoms with Crippen LogP contribution in [-0.2, 0) is 6.54 Å². The van der Waals surface area contributed by atoms with E-state index in [9.17, 15) is 0 Å². The van der Waals surface area contributed by atoms with E-state index in [4.69, 9.17) is 0 Å². The van der Waals surface area contributed by atoms with Crippen molar-refractivity contribution in [1.29, 1.82) is 0 Å². The number of nitrogens with one attached hydrogen (secondary N) is 1. The Morgan fingerprint density at radius 3 is 2.67 bits per heavy atom. The molecule has 0 amide bonds. The largest absolute Gasteiger partial charge is 0.306 e. The molecule has 2 rings (SSSR count). The van der Waals surface area contributed by atoms with Gasteiger partial charge in [-0.3, -0.25) is 0 Å². The molecule has 2 heterocycles. The van der Waals surface area contributed by atoms with Crippen molar-refractivity contribution in [1.82, 2.24) is 20.3 Å². The molecule has 0 bridgehead atoms. The molecular weight excluding hydrogens is 244 g/mol. The van der Waals surface area contributed by atoms with Gasteiger partial charge in [0.05, 0.1) is 11.2 Å². The number of aromatic nitrogens is 3. The first kappa shape index (κ1) is 13.1. The van der Waals surface area contributed by atoms with Crippen molar-refractivity contribution in [2.45, 2.75) is 39.8 Å². The summed E-state index contributed by atoms with van der Waals surface area (Å²) in [7, 11) is 0. The molecule has 0 aliphatic carbocycles. The highest BCUT2D eigenvalue weighted by atomic mass is 32.1. The first-order chi connectivity index (χ1) is 8.44. The molecule has 1 N–H and O–H groups in total. The maximum atomic E-state index is 4.55. The Kier molecular flexibility index (Phi) is 3.73. The number of aryl methyl sites for hydroxylation is 1. The second-order valence-electron chi connectivity index (χ2n) is 5.30. The molecule has 0 unspecified atom stereocenters. The summed E-state index contributed by atoms with van der Waals surface area (Å²) in [6.45, 7) is 9.15. The Hall–Kier alpha value is -1.33. The number of thiazole rings is 1. The summed E-state index contributed by atoms with van der Waals surface area (Å²) in [4.78, 5) is 13.2. The van der Waals surface area contributed by atoms with Crippen LogP contribution in [0.3, 0.4) is 0 Å². The molecule has 4 nitrogen and oxygen atoms in total. The first-order valence-electron chi connectivity index (χ1n) is 5.92. The average Bonchev–Trinajstić information content (AvgIpc) is 2.78. The maximum Gasteiger partial charge on any atom is 0.179 e. The van der Waals surface area contributed by atoms with E-state index < -0.39 is 0 Å². The molecule has 96 valence electrons. The Labute approximate surface area is 112 Å². The lowest BCUT2D eigenvalue weighted by atomic mass is 10.1. The number of rotatable bonds is 3. The fraction of sp³-hybridized carbons (Fsp3) is 0.462. The van der Waals surface area contributed by atoms with E-state index in [-0.39, 0.29) is 5.54 Å². The molecule has 0 fully saturated rings. The van der Waals surface area contributed by atoms with Crippen LogP contribution in [0.5, 0.6) is 0 Å². The van der Waals surface area contributed by atoms with Crippen LogP contribution in [0.4, 0.5) is 0 Å². The number of nitrogens with zero attached hydrogens (tertiary/aromatic N) is 3. The van der Waals surface area contributed by atoms with Crippen LogP contribution in [0, 0.1) is 6.92 Å². The zero-order chi connectivity index (χ0) is 13.2. The maximum absolute atomic E-state index is 4.55. The van der Waals surface area contributed by atoms with Crippen molar-refractivity contribution in [3.8, 4) is 11.5 Å². The van der Waals surface area contributed by atoms with Crippen LogP contribution in [0.15, 0.2) is 17.0 Å². The fourth-order valence-electron chi connectivity index (χ4n) is 1.52. The van der Waals surface area contributed by atoms with Crippen LogP contribution < -0.4 is 5.32 Å². The van der Waals surface area contributed by atoms with Crippen LogP contribution in [-0.4, -0.2) is 20.5 Å². The molecule has 2 aromatic rings. The third-order valence-corrected chi connectivity index (χ3v) is 2.95. The van der Waals surface area contributed by atoms with Crippen LogP contribution in [0.25, 0.3) is 11.5 Å². The van der Waals surface area contributed by atoms with E-state index in [2.05, 4.69) is 41.0 Å². The Balaban J connectivity index is 2.22. The van der Waals surface area contributed by atoms with Gasteiger partial charge < -0.3 is 5.32 Å². The zero-order valence-electron chi connectivity index (χ0n) is 11.2. The van der Waals surface area contributed by atoms with Gasteiger partial charge in [0.15, 0.2) is 5.82 Å². The third kappa shape index (κ3) is 3.58. The topological polar surface area (TPSA) is 50.7 Å². The van der Waals surface area contributed by atoms with Crippen molar-refractivity contribution in [3.05, 3.63) is 28.3 Å². The molecule has 0 saturated carbocycles. The van der Waals surface area contributed by atoms with Gasteiger partial charge in [-0.1, -0.05) is 0 Å². The summed E-state index contributed by atoms with van der Waals surface area (Å²) in [5, 5.41) is 5.40. The monoisotopic (exact) mass is 262 g/mol. The lowest BCUT2D eigenvalue weighted by Gasteiger charge is -2.20. The zero-order valence-corrected chi connectivity index (χ0v) is 12.0. The van der Waals surface area contributed by atoms with Gasteiger partial charge in [-0.15, -0.1) is 11.3 Å². The van der Waals surface area contributed by atoms with E-state index in [0.29, 0.717) is 5.82 Å². The molecule has 0 saturated heterocycles. The second-order valence-corrected chi connectivity index (χ2v) is 6.02. The van der Waals surface area contributed by atoms with Gasteiger partial charge in [0.25, 0.3) is 0 Å². The predicted octanol–water partition coefficient (Wildman–Crippen LogP) is 2.80. The molecule has 0 atom stereocenters. The molecular formula is C13H18N4S. The minimum atomic E-state index is 0.0830. The summed E-state index contributed by atoms with van der Waals surface area (Å²) < 4.78 is 0. The Morgan fingerprint density at radius 1 is 1.28 bits per heavy atom. The SMILES string of the molecule is Cc1cc(CNC(C)(C)C)nc(-c2cscn2)n1. The van der Waals surface area contributed by atoms with Gasteiger partial charge in [0, 0.05) is 23.2 Å². The molecule has 0 radical (unpaired) electrons. The van der Waals surface area contributed by atoms with Gasteiger partial charge in [-0.2, -0.15) is 0 Å². The van der Waals surface area contributed by atoms with E-state index >= 15 is 0 Å². The first-order valence-corrected chi connectivity index (χ1v) is 6.86. The minimum absolute atomic E-state index is 0.0830. The smallest absolute Gasteiger partial charge is 0.179 e. The molecule has 0 aromatic carbocycles. The Bertz CT molecular complexity index is 514. The summed E-state index contributed by atoms with van der Waals surface area (Å²) in [6, 6.07) is 2.01. The minimum Gasteiger partial charge on any atom is -0.306 e. The molecule has 5 heteroatoms. The van der Waals surface area contributed by atoms with Crippen molar-refractivity contribution in [2.75, 3.05) is 0 Å². The van der Waals surface area contributed by atoms with E-state index in [1.165, 1.54) is 0 Å². The van der Waals surface area contributed by atoms with Crippen molar-refractivity contribution < 1.29 is 0 Å². The van der Waals surface area contributed by atoms with Crippen LogP contribution in [0.2, 0.25) is 0 Å². The van der Waals surface area contributed by atoms with Crippen molar-refractivity contribution in [3.63, 3.8) is 0 Å². The highest BCUT2D eigenvalue weighted by Crippen LogP contribution is 2.16. The molecule has 18 heavy (non-hydrogen) atoms. The van der Waals surface area contributed by atoms with Gasteiger partial charge in [0.2, 0.25) is 0 Å². The standard InChI is InChI=1S/C13H18N4S/c1-9-5-10(6-15-13(2,3)4)17-12(16-9)11-7-18-8-14-11/h5,7-8,15H,6H2,1-4H3. The Morgan fingerprint density at radius 2 is 2.06 bits per heavy atom. The molecule has 0 aliphatic heterocycles. The van der Waals surface area contributed by atoms with Crippen LogP contribution in [0.1, 0.15) is 32.2 Å². The highest BCUT2D eigenvalue weighted by Gasteiger charge is 2.11. The normalized spacial score (nSPS) is 11.8. The second kappa shape index (κ2) is 5.12. The lowest BCUT2D eigenvalue weighted by molar-refractivity contribution is 0.421. The van der Waals surface area contributed by atoms with Gasteiger partial charge >= 0.3 is 0 Å². The van der Waals surface area contributed by atoms with Gasteiger partial charge in [-0.05, 0) is 33.8 Å². The quantitative estimate of drug-likeness (QED) is 0.924. The van der Waals surface area contributed by atoms with Crippen molar-refractivity contribution >= 4 is 11.3 Å². The van der Waals surface area contributed by atoms with Crippen LogP contribution >= 0.6 is 11.3 Å². The van der Waals surface area contributed by atoms with E-state index in [1.54, 1.807) is 16.8 Å². The summed E-state index contributed by atoms with van der Waals surface area (Å²) in [5.74, 6) is 0.710. The molecule has 2 aromatic heterocycles. The van der Waals surface area contributed by atoms with Gasteiger partial charge in [0.1, 0.15) is 5.69 Å². The highest BCUT2D eigenvalue weighted by molar-refractivity contribution is 7.07. The molecule has 0 aliphatic rings. The van der Waals surface area contributed by atoms with E-state index in [0.717, 1.165) is 23.6 Å². The predicted molar refractivity (Wildman–Crippen MR) is 74.5 cm³/mol. The van der Waals surface area contributed by atoms with E-state index in [1.807, 2.05) is 18.4 Å². The van der Waals surface area contributed by atoms with Gasteiger partial charge in [-0.25, -0.2) is 15.0 Å². The molecule has 0 spiro atoms.